The van der Waals surface area contributed by atoms with Gasteiger partial charge in [-0.05, 0) is 24.3 Å². The quantitative estimate of drug-likeness (QED) is 0.481. The van der Waals surface area contributed by atoms with Crippen LogP contribution in [0.4, 0.5) is 0 Å². The number of aromatic nitrogens is 2. The van der Waals surface area contributed by atoms with E-state index in [4.69, 9.17) is 0 Å². The molecule has 0 saturated heterocycles. The summed E-state index contributed by atoms with van der Waals surface area (Å²) >= 11 is 0. The lowest BCUT2D eigenvalue weighted by Crippen LogP contribution is -2.33. The lowest BCUT2D eigenvalue weighted by molar-refractivity contribution is 0.162. The van der Waals surface area contributed by atoms with Crippen molar-refractivity contribution in [2.45, 2.75) is 9.79 Å². The van der Waals surface area contributed by atoms with Gasteiger partial charge in [-0.25, -0.2) is 13.2 Å². The number of benzene rings is 2. The van der Waals surface area contributed by atoms with E-state index in [0.29, 0.717) is 0 Å². The summed E-state index contributed by atoms with van der Waals surface area (Å²) in [6.07, 6.45) is 0. The van der Waals surface area contributed by atoms with Gasteiger partial charge in [-0.3, -0.25) is 4.79 Å². The highest BCUT2D eigenvalue weighted by atomic mass is 32.2. The number of hydrogen-bond donors (Lipinski definition) is 4. The van der Waals surface area contributed by atoms with E-state index >= 15 is 0 Å². The van der Waals surface area contributed by atoms with E-state index in [9.17, 15) is 33.4 Å². The molecule has 3 aromatic rings. The minimum atomic E-state index is -4.28. The maximum absolute atomic E-state index is 12.7. The standard InChI is InChI=1S/C14H10N2O7S/c17-7-4-8(18)6-9(5-7)24(22,23)11-3-1-2-10-12(11)15-14(20)16(21)13(10)19/h1-6,17-18,21H,(H,15,20). The molecular weight excluding hydrogens is 340 g/mol. The van der Waals surface area contributed by atoms with Crippen molar-refractivity contribution in [2.75, 3.05) is 0 Å². The zero-order valence-electron chi connectivity index (χ0n) is 11.8. The van der Waals surface area contributed by atoms with Gasteiger partial charge in [0, 0.05) is 6.07 Å². The van der Waals surface area contributed by atoms with Crippen molar-refractivity contribution in [3.63, 3.8) is 0 Å². The smallest absolute Gasteiger partial charge is 0.362 e. The molecule has 24 heavy (non-hydrogen) atoms. The number of phenolic OH excluding ortho intramolecular Hbond substituents is 2. The molecule has 124 valence electrons. The summed E-state index contributed by atoms with van der Waals surface area (Å²) in [5, 5.41) is 28.1. The second-order valence-electron chi connectivity index (χ2n) is 4.91. The fourth-order valence-electron chi connectivity index (χ4n) is 2.28. The number of phenols is 2. The lowest BCUT2D eigenvalue weighted by atomic mass is 10.2. The van der Waals surface area contributed by atoms with Crippen molar-refractivity contribution in [2.24, 2.45) is 0 Å². The van der Waals surface area contributed by atoms with E-state index in [-0.39, 0.29) is 15.6 Å². The summed E-state index contributed by atoms with van der Waals surface area (Å²) in [7, 11) is -4.28. The van der Waals surface area contributed by atoms with Gasteiger partial charge in [-0.1, -0.05) is 10.8 Å². The van der Waals surface area contributed by atoms with Crippen LogP contribution in [-0.4, -0.2) is 33.6 Å². The maximum atomic E-state index is 12.7. The zero-order valence-corrected chi connectivity index (χ0v) is 12.6. The molecule has 0 radical (unpaired) electrons. The number of aromatic hydroxyl groups is 2. The molecule has 2 aromatic carbocycles. The number of sulfone groups is 1. The topological polar surface area (TPSA) is 150 Å². The molecular formula is C14H10N2O7S. The van der Waals surface area contributed by atoms with Crippen LogP contribution in [-0.2, 0) is 9.84 Å². The highest BCUT2D eigenvalue weighted by Gasteiger charge is 2.23. The Morgan fingerprint density at radius 2 is 1.62 bits per heavy atom. The Balaban J connectivity index is 2.41. The molecule has 0 spiro atoms. The Kier molecular flexibility index (Phi) is 3.34. The Bertz CT molecular complexity index is 1170. The number of fused-ring (bicyclic) bond motifs is 1. The van der Waals surface area contributed by atoms with Crippen molar-refractivity contribution in [1.29, 1.82) is 0 Å². The fraction of sp³-hybridized carbons (Fsp3) is 0. The molecule has 0 aliphatic carbocycles. The van der Waals surface area contributed by atoms with Crippen LogP contribution in [0.1, 0.15) is 0 Å². The normalized spacial score (nSPS) is 11.7. The summed E-state index contributed by atoms with van der Waals surface area (Å²) < 4.78 is 25.3. The van der Waals surface area contributed by atoms with Crippen molar-refractivity contribution in [1.82, 2.24) is 9.71 Å². The van der Waals surface area contributed by atoms with Gasteiger partial charge in [0.25, 0.3) is 5.56 Å². The molecule has 0 saturated carbocycles. The molecule has 0 unspecified atom stereocenters. The van der Waals surface area contributed by atoms with Crippen LogP contribution in [0.3, 0.4) is 0 Å². The van der Waals surface area contributed by atoms with Gasteiger partial charge >= 0.3 is 5.69 Å². The number of hydrogen-bond acceptors (Lipinski definition) is 7. The first kappa shape index (κ1) is 15.6. The molecule has 0 fully saturated rings. The van der Waals surface area contributed by atoms with E-state index in [0.717, 1.165) is 24.3 Å². The highest BCUT2D eigenvalue weighted by molar-refractivity contribution is 7.91. The van der Waals surface area contributed by atoms with E-state index in [1.54, 1.807) is 0 Å². The van der Waals surface area contributed by atoms with Crippen LogP contribution in [0.2, 0.25) is 0 Å². The van der Waals surface area contributed by atoms with Crippen molar-refractivity contribution in [3.05, 3.63) is 57.2 Å². The third-order valence-electron chi connectivity index (χ3n) is 3.35. The van der Waals surface area contributed by atoms with Gasteiger partial charge in [0.05, 0.1) is 20.7 Å². The molecule has 0 bridgehead atoms. The van der Waals surface area contributed by atoms with Gasteiger partial charge < -0.3 is 20.4 Å². The summed E-state index contributed by atoms with van der Waals surface area (Å²) in [4.78, 5) is 24.7. The predicted molar refractivity (Wildman–Crippen MR) is 81.2 cm³/mol. The van der Waals surface area contributed by atoms with E-state index in [2.05, 4.69) is 4.98 Å². The number of para-hydroxylation sites is 1. The molecule has 0 aliphatic heterocycles. The number of aromatic amines is 1. The summed E-state index contributed by atoms with van der Waals surface area (Å²) in [5.74, 6) is -0.944. The monoisotopic (exact) mass is 350 g/mol. The minimum Gasteiger partial charge on any atom is -0.508 e. The van der Waals surface area contributed by atoms with Crippen LogP contribution in [0.25, 0.3) is 10.9 Å². The van der Waals surface area contributed by atoms with E-state index in [1.165, 1.54) is 12.1 Å². The minimum absolute atomic E-state index is 0.168. The average Bonchev–Trinajstić information content (AvgIpc) is 2.51. The third kappa shape index (κ3) is 2.29. The van der Waals surface area contributed by atoms with E-state index < -0.39 is 42.4 Å². The lowest BCUT2D eigenvalue weighted by Gasteiger charge is -2.09. The van der Waals surface area contributed by atoms with Gasteiger partial charge in [0.2, 0.25) is 9.84 Å². The highest BCUT2D eigenvalue weighted by Crippen LogP contribution is 2.30. The fourth-order valence-corrected chi connectivity index (χ4v) is 3.77. The summed E-state index contributed by atoms with van der Waals surface area (Å²) in [6.45, 7) is 0. The zero-order chi connectivity index (χ0) is 17.6. The van der Waals surface area contributed by atoms with Gasteiger partial charge in [-0.15, -0.1) is 0 Å². The summed E-state index contributed by atoms with van der Waals surface area (Å²) in [5.41, 5.74) is -2.57. The van der Waals surface area contributed by atoms with Crippen molar-refractivity contribution < 1.29 is 23.8 Å². The van der Waals surface area contributed by atoms with Gasteiger partial charge in [0.15, 0.2) is 0 Å². The molecule has 1 heterocycles. The SMILES string of the molecule is O=c1[nH]c2c(S(=O)(=O)c3cc(O)cc(O)c3)cccc2c(=O)n1O. The predicted octanol–water partition coefficient (Wildman–Crippen LogP) is 0.171. The molecule has 0 amide bonds. The second-order valence-corrected chi connectivity index (χ2v) is 6.83. The first-order chi connectivity index (χ1) is 11.2. The van der Waals surface area contributed by atoms with Gasteiger partial charge in [0.1, 0.15) is 11.5 Å². The van der Waals surface area contributed by atoms with Crippen LogP contribution in [0.5, 0.6) is 11.5 Å². The number of H-pyrrole nitrogens is 1. The number of nitrogens with zero attached hydrogens (tertiary/aromatic N) is 1. The van der Waals surface area contributed by atoms with Crippen LogP contribution < -0.4 is 11.2 Å². The molecule has 10 heteroatoms. The average molecular weight is 350 g/mol. The van der Waals surface area contributed by atoms with Crippen LogP contribution >= 0.6 is 0 Å². The Morgan fingerprint density at radius 3 is 2.25 bits per heavy atom. The largest absolute Gasteiger partial charge is 0.508 e. The Morgan fingerprint density at radius 1 is 1.00 bits per heavy atom. The molecule has 0 atom stereocenters. The van der Waals surface area contributed by atoms with E-state index in [1.807, 2.05) is 0 Å². The van der Waals surface area contributed by atoms with Gasteiger partial charge in [-0.2, -0.15) is 0 Å². The molecule has 0 aliphatic rings. The molecule has 3 rings (SSSR count). The molecule has 1 aromatic heterocycles. The first-order valence-electron chi connectivity index (χ1n) is 6.47. The first-order valence-corrected chi connectivity index (χ1v) is 7.95. The Hall–Kier alpha value is -3.27. The van der Waals surface area contributed by atoms with Crippen LogP contribution in [0.15, 0.2) is 55.8 Å². The Labute approximate surface area is 133 Å². The van der Waals surface area contributed by atoms with Crippen LogP contribution in [0, 0.1) is 0 Å². The molecule has 4 N–H and O–H groups in total. The maximum Gasteiger partial charge on any atom is 0.362 e. The number of nitrogens with one attached hydrogen (secondary N) is 1. The number of rotatable bonds is 2. The second kappa shape index (κ2) is 5.13. The third-order valence-corrected chi connectivity index (χ3v) is 5.12. The van der Waals surface area contributed by atoms with Crippen molar-refractivity contribution in [3.8, 4) is 11.5 Å². The summed E-state index contributed by atoms with van der Waals surface area (Å²) in [6, 6.07) is 6.43. The van der Waals surface area contributed by atoms with Crippen molar-refractivity contribution >= 4 is 20.7 Å². The molecule has 9 nitrogen and oxygen atoms in total.